The summed E-state index contributed by atoms with van der Waals surface area (Å²) >= 11 is 10.6. The summed E-state index contributed by atoms with van der Waals surface area (Å²) in [6, 6.07) is 25.9. The molecule has 0 aromatic heterocycles. The van der Waals surface area contributed by atoms with Crippen LogP contribution in [-0.4, -0.2) is 5.33 Å². The van der Waals surface area contributed by atoms with E-state index in [1.54, 1.807) is 0 Å². The van der Waals surface area contributed by atoms with E-state index in [1.165, 1.54) is 36.9 Å². The van der Waals surface area contributed by atoms with Crippen LogP contribution in [0.5, 0.6) is 0 Å². The van der Waals surface area contributed by atoms with Crippen LogP contribution in [0.1, 0.15) is 31.2 Å². The fraction of sp³-hybridized carbons (Fsp3) is 0.250. The third-order valence-corrected chi connectivity index (χ3v) is 6.33. The summed E-state index contributed by atoms with van der Waals surface area (Å²) in [7, 11) is 0. The molecule has 0 N–H and O–H groups in total. The lowest BCUT2D eigenvalue weighted by atomic mass is 10.1. The third kappa shape index (κ3) is 6.20. The Labute approximate surface area is 193 Å². The van der Waals surface area contributed by atoms with Gasteiger partial charge in [-0.25, -0.2) is 0 Å². The predicted octanol–water partition coefficient (Wildman–Crippen LogP) is 9.18. The van der Waals surface area contributed by atoms with E-state index < -0.39 is 0 Å². The first kappa shape index (κ1) is 21.6. The molecule has 146 valence electrons. The van der Waals surface area contributed by atoms with E-state index in [-0.39, 0.29) is 0 Å². The lowest BCUT2D eigenvalue weighted by Gasteiger charge is -2.25. The Morgan fingerprint density at radius 2 is 0.964 bits per heavy atom. The zero-order valence-corrected chi connectivity index (χ0v) is 20.5. The molecule has 0 heterocycles. The number of aryl methyl sites for hydroxylation is 1. The summed E-state index contributed by atoms with van der Waals surface area (Å²) in [6.07, 6.45) is 6.30. The van der Waals surface area contributed by atoms with Crippen molar-refractivity contribution in [3.05, 3.63) is 87.3 Å². The molecule has 0 radical (unpaired) electrons. The summed E-state index contributed by atoms with van der Waals surface area (Å²) in [5.41, 5.74) is 4.88. The summed E-state index contributed by atoms with van der Waals surface area (Å²) < 4.78 is 2.17. The minimum atomic E-state index is 1.09. The Morgan fingerprint density at radius 1 is 0.536 bits per heavy atom. The van der Waals surface area contributed by atoms with Crippen molar-refractivity contribution in [1.82, 2.24) is 0 Å². The molecule has 3 rings (SSSR count). The summed E-state index contributed by atoms with van der Waals surface area (Å²) in [5, 5.41) is 1.11. The van der Waals surface area contributed by atoms with E-state index in [0.29, 0.717) is 0 Å². The predicted molar refractivity (Wildman–Crippen MR) is 132 cm³/mol. The molecule has 1 nitrogen and oxygen atoms in total. The van der Waals surface area contributed by atoms with Gasteiger partial charge in [-0.2, -0.15) is 0 Å². The lowest BCUT2D eigenvalue weighted by Crippen LogP contribution is -2.09. The summed E-state index contributed by atoms with van der Waals surface area (Å²) in [4.78, 5) is 2.29. The molecule has 0 aliphatic heterocycles. The van der Waals surface area contributed by atoms with E-state index in [1.807, 2.05) is 0 Å². The molecule has 0 unspecified atom stereocenters. The second kappa shape index (κ2) is 11.2. The maximum Gasteiger partial charge on any atom is 0.0462 e. The first-order valence-electron chi connectivity index (χ1n) is 9.63. The summed E-state index contributed by atoms with van der Waals surface area (Å²) in [5.74, 6) is 0. The van der Waals surface area contributed by atoms with E-state index in [0.717, 1.165) is 32.1 Å². The number of unbranched alkanes of at least 4 members (excludes halogenated alkanes) is 3. The molecule has 4 heteroatoms. The SMILES string of the molecule is BrCCCCCCc1ccc(N(c2ccc(Br)cc2)c2ccc(Br)cc2)cc1. The van der Waals surface area contributed by atoms with Gasteiger partial charge in [0, 0.05) is 31.3 Å². The van der Waals surface area contributed by atoms with Crippen LogP contribution in [0.3, 0.4) is 0 Å². The minimum absolute atomic E-state index is 1.09. The molecule has 0 amide bonds. The van der Waals surface area contributed by atoms with Crippen molar-refractivity contribution in [2.75, 3.05) is 10.2 Å². The molecule has 0 fully saturated rings. The number of rotatable bonds is 9. The number of nitrogens with zero attached hydrogens (tertiary/aromatic N) is 1. The van der Waals surface area contributed by atoms with Crippen LogP contribution in [-0.2, 0) is 6.42 Å². The summed E-state index contributed by atoms with van der Waals surface area (Å²) in [6.45, 7) is 0. The van der Waals surface area contributed by atoms with E-state index in [4.69, 9.17) is 0 Å². The van der Waals surface area contributed by atoms with Gasteiger partial charge in [0.1, 0.15) is 0 Å². The van der Waals surface area contributed by atoms with Crippen molar-refractivity contribution < 1.29 is 0 Å². The zero-order chi connectivity index (χ0) is 19.8. The van der Waals surface area contributed by atoms with Crippen LogP contribution in [0, 0.1) is 0 Å². The Kier molecular flexibility index (Phi) is 8.63. The molecular formula is C24H24Br3N. The molecule has 0 aliphatic rings. The molecule has 0 aliphatic carbocycles. The number of hydrogen-bond acceptors (Lipinski definition) is 1. The molecule has 28 heavy (non-hydrogen) atoms. The molecule has 0 bridgehead atoms. The molecule has 3 aromatic carbocycles. The number of anilines is 3. The van der Waals surface area contributed by atoms with Gasteiger partial charge in [-0.1, -0.05) is 72.8 Å². The standard InChI is InChI=1S/C24H24Br3N/c25-18-4-2-1-3-5-19-6-12-22(13-7-19)28(23-14-8-20(26)9-15-23)24-16-10-21(27)11-17-24/h6-17H,1-5,18H2. The molecule has 0 saturated heterocycles. The number of hydrogen-bond donors (Lipinski definition) is 0. The van der Waals surface area contributed by atoms with Crippen molar-refractivity contribution in [1.29, 1.82) is 0 Å². The Hall–Kier alpha value is -1.10. The zero-order valence-electron chi connectivity index (χ0n) is 15.8. The van der Waals surface area contributed by atoms with Crippen LogP contribution >= 0.6 is 47.8 Å². The smallest absolute Gasteiger partial charge is 0.0462 e. The molecule has 0 saturated carbocycles. The van der Waals surface area contributed by atoms with Crippen LogP contribution in [0.2, 0.25) is 0 Å². The van der Waals surface area contributed by atoms with Gasteiger partial charge in [0.05, 0.1) is 0 Å². The largest absolute Gasteiger partial charge is 0.311 e. The first-order valence-corrected chi connectivity index (χ1v) is 12.3. The molecule has 0 atom stereocenters. The van der Waals surface area contributed by atoms with E-state index in [2.05, 4.69) is 125 Å². The maximum atomic E-state index is 3.54. The van der Waals surface area contributed by atoms with Crippen molar-refractivity contribution in [2.45, 2.75) is 32.1 Å². The highest BCUT2D eigenvalue weighted by Crippen LogP contribution is 2.35. The van der Waals surface area contributed by atoms with Crippen LogP contribution in [0.25, 0.3) is 0 Å². The van der Waals surface area contributed by atoms with Crippen molar-refractivity contribution in [2.24, 2.45) is 0 Å². The Bertz CT molecular complexity index is 797. The fourth-order valence-electron chi connectivity index (χ4n) is 3.22. The topological polar surface area (TPSA) is 3.24 Å². The third-order valence-electron chi connectivity index (χ3n) is 4.71. The normalized spacial score (nSPS) is 10.8. The fourth-order valence-corrected chi connectivity index (χ4v) is 4.14. The van der Waals surface area contributed by atoms with Crippen molar-refractivity contribution in [3.8, 4) is 0 Å². The van der Waals surface area contributed by atoms with Crippen molar-refractivity contribution >= 4 is 64.9 Å². The van der Waals surface area contributed by atoms with Crippen LogP contribution in [0.15, 0.2) is 81.7 Å². The van der Waals surface area contributed by atoms with Crippen LogP contribution in [0.4, 0.5) is 17.1 Å². The number of halogens is 3. The van der Waals surface area contributed by atoms with Gasteiger partial charge in [-0.15, -0.1) is 0 Å². The quantitative estimate of drug-likeness (QED) is 0.185. The Balaban J connectivity index is 1.80. The Morgan fingerprint density at radius 3 is 1.43 bits per heavy atom. The minimum Gasteiger partial charge on any atom is -0.311 e. The van der Waals surface area contributed by atoms with Gasteiger partial charge in [-0.3, -0.25) is 0 Å². The lowest BCUT2D eigenvalue weighted by molar-refractivity contribution is 0.671. The van der Waals surface area contributed by atoms with Gasteiger partial charge < -0.3 is 4.90 Å². The highest BCUT2D eigenvalue weighted by Gasteiger charge is 2.12. The van der Waals surface area contributed by atoms with E-state index in [9.17, 15) is 0 Å². The van der Waals surface area contributed by atoms with Gasteiger partial charge in [0.2, 0.25) is 0 Å². The average molecular weight is 566 g/mol. The highest BCUT2D eigenvalue weighted by molar-refractivity contribution is 9.10. The second-order valence-electron chi connectivity index (χ2n) is 6.81. The number of alkyl halides is 1. The van der Waals surface area contributed by atoms with E-state index >= 15 is 0 Å². The number of benzene rings is 3. The molecule has 0 spiro atoms. The van der Waals surface area contributed by atoms with Gasteiger partial charge in [0.25, 0.3) is 0 Å². The van der Waals surface area contributed by atoms with Crippen molar-refractivity contribution in [3.63, 3.8) is 0 Å². The van der Waals surface area contributed by atoms with Gasteiger partial charge in [-0.05, 0) is 85.5 Å². The first-order chi connectivity index (χ1) is 13.7. The monoisotopic (exact) mass is 563 g/mol. The average Bonchev–Trinajstić information content (AvgIpc) is 2.72. The van der Waals surface area contributed by atoms with Crippen LogP contribution < -0.4 is 4.90 Å². The highest BCUT2D eigenvalue weighted by atomic mass is 79.9. The molecule has 3 aromatic rings. The maximum absolute atomic E-state index is 3.54. The second-order valence-corrected chi connectivity index (χ2v) is 9.43. The van der Waals surface area contributed by atoms with Gasteiger partial charge in [0.15, 0.2) is 0 Å². The van der Waals surface area contributed by atoms with Gasteiger partial charge >= 0.3 is 0 Å². The molecular weight excluding hydrogens is 542 g/mol.